The molecule has 0 saturated carbocycles. The quantitative estimate of drug-likeness (QED) is 0.630. The van der Waals surface area contributed by atoms with E-state index in [1.165, 1.54) is 6.07 Å². The highest BCUT2D eigenvalue weighted by Crippen LogP contribution is 2.32. The number of ether oxygens (including phenoxy) is 2. The molecule has 2 atom stereocenters. The van der Waals surface area contributed by atoms with Gasteiger partial charge in [0.2, 0.25) is 0 Å². The van der Waals surface area contributed by atoms with E-state index < -0.39 is 0 Å². The van der Waals surface area contributed by atoms with Crippen molar-refractivity contribution in [2.75, 3.05) is 31.2 Å². The van der Waals surface area contributed by atoms with Crippen LogP contribution in [-0.2, 0) is 9.47 Å². The highest BCUT2D eigenvalue weighted by Gasteiger charge is 2.32. The van der Waals surface area contributed by atoms with Gasteiger partial charge in [0.25, 0.3) is 5.69 Å². The van der Waals surface area contributed by atoms with Gasteiger partial charge in [-0.3, -0.25) is 15.1 Å². The first kappa shape index (κ1) is 16.2. The van der Waals surface area contributed by atoms with E-state index in [9.17, 15) is 10.1 Å². The molecule has 25 heavy (non-hydrogen) atoms. The number of hydrogen-bond donors (Lipinski definition) is 0. The topological polar surface area (TPSA) is 77.7 Å². The number of aromatic nitrogens is 1. The third-order valence-electron chi connectivity index (χ3n) is 4.92. The fraction of sp³-hybridized carbons (Fsp3) is 0.500. The maximum Gasteiger partial charge on any atom is 0.270 e. The number of benzene rings is 1. The summed E-state index contributed by atoms with van der Waals surface area (Å²) >= 11 is 0. The van der Waals surface area contributed by atoms with Crippen LogP contribution in [0.3, 0.4) is 0 Å². The number of nitro benzene ring substituents is 1. The van der Waals surface area contributed by atoms with E-state index >= 15 is 0 Å². The molecule has 3 heterocycles. The zero-order chi connectivity index (χ0) is 17.4. The Morgan fingerprint density at radius 3 is 2.84 bits per heavy atom. The molecular weight excluding hydrogens is 322 g/mol. The Labute approximate surface area is 145 Å². The normalized spacial score (nSPS) is 24.0. The van der Waals surface area contributed by atoms with Crippen LogP contribution in [0.15, 0.2) is 24.3 Å². The van der Waals surface area contributed by atoms with Crippen molar-refractivity contribution >= 4 is 22.3 Å². The van der Waals surface area contributed by atoms with Crippen LogP contribution in [0.25, 0.3) is 10.9 Å². The lowest BCUT2D eigenvalue weighted by Crippen LogP contribution is -2.47. The minimum absolute atomic E-state index is 0.0402. The minimum Gasteiger partial charge on any atom is -0.375 e. The van der Waals surface area contributed by atoms with Crippen LogP contribution in [0, 0.1) is 17.0 Å². The number of hydrogen-bond acceptors (Lipinski definition) is 6. The average molecular weight is 343 g/mol. The van der Waals surface area contributed by atoms with E-state index in [4.69, 9.17) is 9.47 Å². The maximum atomic E-state index is 11.2. The number of pyridine rings is 1. The number of rotatable bonds is 3. The second kappa shape index (κ2) is 6.57. The van der Waals surface area contributed by atoms with Gasteiger partial charge in [-0.25, -0.2) is 0 Å². The van der Waals surface area contributed by atoms with Crippen LogP contribution < -0.4 is 4.90 Å². The fourth-order valence-corrected chi connectivity index (χ4v) is 3.71. The summed E-state index contributed by atoms with van der Waals surface area (Å²) in [5.41, 5.74) is 2.75. The summed E-state index contributed by atoms with van der Waals surface area (Å²) in [5, 5.41) is 12.0. The lowest BCUT2D eigenvalue weighted by Gasteiger charge is -2.37. The van der Waals surface area contributed by atoms with Crippen molar-refractivity contribution in [3.63, 3.8) is 0 Å². The predicted molar refractivity (Wildman–Crippen MR) is 94.1 cm³/mol. The van der Waals surface area contributed by atoms with Gasteiger partial charge in [0, 0.05) is 48.6 Å². The van der Waals surface area contributed by atoms with E-state index in [0.29, 0.717) is 6.61 Å². The van der Waals surface area contributed by atoms with Crippen LogP contribution in [0.2, 0.25) is 0 Å². The second-order valence-electron chi connectivity index (χ2n) is 6.65. The van der Waals surface area contributed by atoms with Crippen LogP contribution >= 0.6 is 0 Å². The standard InChI is InChI=1S/C18H21N3O4/c1-12-9-16(14-10-13(21(22)23)4-5-15(14)19-12)20-6-8-25-18(11-20)17-3-2-7-24-17/h4-5,9-10,17-18H,2-3,6-8,11H2,1H3/t17-,18-/m1/s1. The van der Waals surface area contributed by atoms with Crippen LogP contribution in [0.4, 0.5) is 11.4 Å². The Morgan fingerprint density at radius 1 is 1.24 bits per heavy atom. The lowest BCUT2D eigenvalue weighted by atomic mass is 10.1. The predicted octanol–water partition coefficient (Wildman–Crippen LogP) is 2.84. The molecule has 1 aromatic carbocycles. The van der Waals surface area contributed by atoms with Gasteiger partial charge in [-0.1, -0.05) is 0 Å². The van der Waals surface area contributed by atoms with Gasteiger partial charge in [-0.05, 0) is 31.9 Å². The highest BCUT2D eigenvalue weighted by atomic mass is 16.6. The molecule has 0 N–H and O–H groups in total. The van der Waals surface area contributed by atoms with Crippen LogP contribution in [-0.4, -0.2) is 48.4 Å². The Balaban J connectivity index is 1.71. The van der Waals surface area contributed by atoms with E-state index in [2.05, 4.69) is 9.88 Å². The molecule has 0 radical (unpaired) electrons. The molecule has 132 valence electrons. The largest absolute Gasteiger partial charge is 0.375 e. The third kappa shape index (κ3) is 3.17. The number of morpholine rings is 1. The third-order valence-corrected chi connectivity index (χ3v) is 4.92. The van der Waals surface area contributed by atoms with Crippen molar-refractivity contribution < 1.29 is 14.4 Å². The van der Waals surface area contributed by atoms with E-state index in [0.717, 1.165) is 54.8 Å². The number of anilines is 1. The van der Waals surface area contributed by atoms with E-state index in [-0.39, 0.29) is 22.8 Å². The molecule has 2 fully saturated rings. The summed E-state index contributed by atoms with van der Waals surface area (Å²) in [6.07, 6.45) is 2.29. The SMILES string of the molecule is Cc1cc(N2CCO[C@@H]([C@H]3CCCO3)C2)c2cc([N+](=O)[O-])ccc2n1. The summed E-state index contributed by atoms with van der Waals surface area (Å²) in [5.74, 6) is 0. The molecule has 4 rings (SSSR count). The molecular formula is C18H21N3O4. The summed E-state index contributed by atoms with van der Waals surface area (Å²) in [7, 11) is 0. The molecule has 2 saturated heterocycles. The van der Waals surface area contributed by atoms with Gasteiger partial charge >= 0.3 is 0 Å². The Hall–Kier alpha value is -2.25. The Kier molecular flexibility index (Phi) is 4.27. The van der Waals surface area contributed by atoms with Crippen molar-refractivity contribution in [1.29, 1.82) is 0 Å². The molecule has 2 aromatic rings. The van der Waals surface area contributed by atoms with Crippen molar-refractivity contribution in [1.82, 2.24) is 4.98 Å². The monoisotopic (exact) mass is 343 g/mol. The summed E-state index contributed by atoms with van der Waals surface area (Å²) < 4.78 is 11.7. The molecule has 0 spiro atoms. The zero-order valence-corrected chi connectivity index (χ0v) is 14.2. The maximum absolute atomic E-state index is 11.2. The van der Waals surface area contributed by atoms with Gasteiger partial charge in [-0.2, -0.15) is 0 Å². The lowest BCUT2D eigenvalue weighted by molar-refractivity contribution is -0.384. The van der Waals surface area contributed by atoms with E-state index in [1.807, 2.05) is 13.0 Å². The van der Waals surface area contributed by atoms with Crippen LogP contribution in [0.5, 0.6) is 0 Å². The molecule has 7 nitrogen and oxygen atoms in total. The molecule has 2 aliphatic rings. The van der Waals surface area contributed by atoms with Gasteiger partial charge in [0.15, 0.2) is 0 Å². The number of nitro groups is 1. The van der Waals surface area contributed by atoms with Crippen molar-refractivity contribution in [2.45, 2.75) is 32.0 Å². The smallest absolute Gasteiger partial charge is 0.270 e. The minimum atomic E-state index is -0.364. The highest BCUT2D eigenvalue weighted by molar-refractivity contribution is 5.93. The molecule has 0 amide bonds. The van der Waals surface area contributed by atoms with Crippen LogP contribution in [0.1, 0.15) is 18.5 Å². The number of non-ortho nitro benzene ring substituents is 1. The first-order chi connectivity index (χ1) is 12.1. The zero-order valence-electron chi connectivity index (χ0n) is 14.2. The number of fused-ring (bicyclic) bond motifs is 1. The molecule has 0 bridgehead atoms. The Morgan fingerprint density at radius 2 is 2.08 bits per heavy atom. The molecule has 0 aliphatic carbocycles. The van der Waals surface area contributed by atoms with Crippen molar-refractivity contribution in [2.24, 2.45) is 0 Å². The van der Waals surface area contributed by atoms with Crippen molar-refractivity contribution in [3.05, 3.63) is 40.1 Å². The van der Waals surface area contributed by atoms with Gasteiger partial charge in [0.05, 0.1) is 23.2 Å². The number of nitrogens with zero attached hydrogens (tertiary/aromatic N) is 3. The van der Waals surface area contributed by atoms with Crippen molar-refractivity contribution in [3.8, 4) is 0 Å². The van der Waals surface area contributed by atoms with Gasteiger partial charge < -0.3 is 14.4 Å². The number of aryl methyl sites for hydroxylation is 1. The summed E-state index contributed by atoms with van der Waals surface area (Å²) in [6, 6.07) is 6.85. The van der Waals surface area contributed by atoms with Gasteiger partial charge in [0.1, 0.15) is 6.10 Å². The van der Waals surface area contributed by atoms with E-state index in [1.54, 1.807) is 12.1 Å². The first-order valence-corrected chi connectivity index (χ1v) is 8.66. The average Bonchev–Trinajstić information content (AvgIpc) is 3.15. The summed E-state index contributed by atoms with van der Waals surface area (Å²) in [6.45, 7) is 4.86. The molecule has 0 unspecified atom stereocenters. The molecule has 2 aliphatic heterocycles. The fourth-order valence-electron chi connectivity index (χ4n) is 3.71. The van der Waals surface area contributed by atoms with Gasteiger partial charge in [-0.15, -0.1) is 0 Å². The Bertz CT molecular complexity index is 804. The molecule has 1 aromatic heterocycles. The second-order valence-corrected chi connectivity index (χ2v) is 6.65. The first-order valence-electron chi connectivity index (χ1n) is 8.66. The molecule has 7 heteroatoms. The summed E-state index contributed by atoms with van der Waals surface area (Å²) in [4.78, 5) is 17.6.